The average molecular weight is 215 g/mol. The second kappa shape index (κ2) is 6.19. The second-order valence-electron chi connectivity index (χ2n) is 3.52. The van der Waals surface area contributed by atoms with Crippen molar-refractivity contribution in [2.24, 2.45) is 0 Å². The molecule has 0 amide bonds. The molecule has 0 spiro atoms. The Morgan fingerprint density at radius 2 is 2.00 bits per heavy atom. The fourth-order valence-electron chi connectivity index (χ4n) is 0.989. The van der Waals surface area contributed by atoms with E-state index >= 15 is 0 Å². The largest absolute Gasteiger partial charge is 0.480 e. The minimum atomic E-state index is -0.925. The van der Waals surface area contributed by atoms with Gasteiger partial charge in [0.25, 0.3) is 0 Å². The molecule has 0 aromatic carbocycles. The first-order chi connectivity index (χ1) is 6.86. The molecule has 0 aliphatic heterocycles. The number of carbonyl (C=O) groups is 2. The van der Waals surface area contributed by atoms with Crippen LogP contribution in [0.1, 0.15) is 13.3 Å². The number of aliphatic carboxylic acids is 1. The number of carboxylic acids is 1. The topological polar surface area (TPSA) is 66.8 Å². The van der Waals surface area contributed by atoms with Crippen LogP contribution in [0.5, 0.6) is 0 Å². The fourth-order valence-corrected chi connectivity index (χ4v) is 0.989. The Labute approximate surface area is 89.3 Å². The summed E-state index contributed by atoms with van der Waals surface area (Å²) in [4.78, 5) is 23.3. The van der Waals surface area contributed by atoms with Crippen molar-refractivity contribution in [1.29, 1.82) is 0 Å². The van der Waals surface area contributed by atoms with Crippen LogP contribution in [0.3, 0.4) is 0 Å². The molecular formula is C10H17NO4. The molecule has 1 unspecified atom stereocenters. The standard InChI is InChI=1S/C10H17NO4/c1-7(2)10(14)15-6-5-8(9(12)13)11(3)4/h8H,1,5-6H2,2-4H3,(H,12,13). The molecule has 0 aliphatic carbocycles. The Bertz CT molecular complexity index is 260. The van der Waals surface area contributed by atoms with E-state index < -0.39 is 18.0 Å². The lowest BCUT2D eigenvalue weighted by molar-refractivity contribution is -0.146. The molecule has 1 N–H and O–H groups in total. The number of carboxylic acid groups (broad SMARTS) is 1. The van der Waals surface area contributed by atoms with Crippen LogP contribution in [0.25, 0.3) is 0 Å². The van der Waals surface area contributed by atoms with Crippen molar-refractivity contribution in [1.82, 2.24) is 4.90 Å². The maximum Gasteiger partial charge on any atom is 0.333 e. The zero-order valence-corrected chi connectivity index (χ0v) is 9.32. The van der Waals surface area contributed by atoms with Gasteiger partial charge in [-0.1, -0.05) is 6.58 Å². The molecule has 5 nitrogen and oxygen atoms in total. The lowest BCUT2D eigenvalue weighted by Gasteiger charge is -2.19. The molecule has 0 rings (SSSR count). The summed E-state index contributed by atoms with van der Waals surface area (Å²) in [6.07, 6.45) is 0.265. The highest BCUT2D eigenvalue weighted by Crippen LogP contribution is 2.02. The SMILES string of the molecule is C=C(C)C(=O)OCCC(C(=O)O)N(C)C. The highest BCUT2D eigenvalue weighted by Gasteiger charge is 2.19. The molecule has 0 radical (unpaired) electrons. The second-order valence-corrected chi connectivity index (χ2v) is 3.52. The van der Waals surface area contributed by atoms with Crippen LogP contribution in [0.4, 0.5) is 0 Å². The van der Waals surface area contributed by atoms with Crippen molar-refractivity contribution in [3.63, 3.8) is 0 Å². The first-order valence-electron chi connectivity index (χ1n) is 4.58. The molecule has 0 saturated carbocycles. The van der Waals surface area contributed by atoms with Crippen LogP contribution in [0.2, 0.25) is 0 Å². The molecule has 0 aromatic rings. The predicted molar refractivity (Wildman–Crippen MR) is 55.5 cm³/mol. The van der Waals surface area contributed by atoms with Gasteiger partial charge in [0.05, 0.1) is 6.61 Å². The third-order valence-corrected chi connectivity index (χ3v) is 1.88. The van der Waals surface area contributed by atoms with Crippen molar-refractivity contribution in [3.8, 4) is 0 Å². The Morgan fingerprint density at radius 1 is 1.47 bits per heavy atom. The van der Waals surface area contributed by atoms with Crippen LogP contribution in [0, 0.1) is 0 Å². The van der Waals surface area contributed by atoms with E-state index in [1.807, 2.05) is 0 Å². The third-order valence-electron chi connectivity index (χ3n) is 1.88. The van der Waals surface area contributed by atoms with Crippen LogP contribution < -0.4 is 0 Å². The summed E-state index contributed by atoms with van der Waals surface area (Å²) in [5.74, 6) is -1.41. The maximum atomic E-state index is 11.0. The summed E-state index contributed by atoms with van der Waals surface area (Å²) in [5.41, 5.74) is 0.312. The molecule has 86 valence electrons. The predicted octanol–water partition coefficient (Wildman–Crippen LogP) is 0.511. The van der Waals surface area contributed by atoms with Gasteiger partial charge in [-0.2, -0.15) is 0 Å². The number of hydrogen-bond donors (Lipinski definition) is 1. The van der Waals surface area contributed by atoms with Gasteiger partial charge < -0.3 is 9.84 Å². The number of ether oxygens (including phenoxy) is 1. The van der Waals surface area contributed by atoms with Gasteiger partial charge in [-0.05, 0) is 21.0 Å². The maximum absolute atomic E-state index is 11.0. The summed E-state index contributed by atoms with van der Waals surface area (Å²) in [7, 11) is 3.33. The highest BCUT2D eigenvalue weighted by atomic mass is 16.5. The van der Waals surface area contributed by atoms with Gasteiger partial charge in [-0.15, -0.1) is 0 Å². The first kappa shape index (κ1) is 13.6. The zero-order chi connectivity index (χ0) is 12.0. The minimum absolute atomic E-state index is 0.0842. The van der Waals surface area contributed by atoms with Gasteiger partial charge in [-0.25, -0.2) is 4.79 Å². The van der Waals surface area contributed by atoms with Crippen molar-refractivity contribution < 1.29 is 19.4 Å². The van der Waals surface area contributed by atoms with E-state index in [0.29, 0.717) is 5.57 Å². The normalized spacial score (nSPS) is 12.3. The smallest absolute Gasteiger partial charge is 0.333 e. The highest BCUT2D eigenvalue weighted by molar-refractivity contribution is 5.86. The van der Waals surface area contributed by atoms with Crippen molar-refractivity contribution in [2.45, 2.75) is 19.4 Å². The first-order valence-corrected chi connectivity index (χ1v) is 4.58. The number of carbonyl (C=O) groups excluding carboxylic acids is 1. The fraction of sp³-hybridized carbons (Fsp3) is 0.600. The average Bonchev–Trinajstić information content (AvgIpc) is 2.10. The Hall–Kier alpha value is -1.36. The van der Waals surface area contributed by atoms with Gasteiger partial charge >= 0.3 is 11.9 Å². The monoisotopic (exact) mass is 215 g/mol. The van der Waals surface area contributed by atoms with E-state index in [1.165, 1.54) is 0 Å². The zero-order valence-electron chi connectivity index (χ0n) is 9.32. The Morgan fingerprint density at radius 3 is 2.33 bits per heavy atom. The molecule has 0 aromatic heterocycles. The van der Waals surface area contributed by atoms with Crippen LogP contribution in [-0.2, 0) is 14.3 Å². The van der Waals surface area contributed by atoms with Gasteiger partial charge in [0.1, 0.15) is 6.04 Å². The third kappa shape index (κ3) is 5.17. The minimum Gasteiger partial charge on any atom is -0.480 e. The summed E-state index contributed by atoms with van der Waals surface area (Å²) in [6.45, 7) is 5.05. The van der Waals surface area contributed by atoms with E-state index in [1.54, 1.807) is 25.9 Å². The van der Waals surface area contributed by atoms with Crippen molar-refractivity contribution in [2.75, 3.05) is 20.7 Å². The van der Waals surface area contributed by atoms with E-state index in [2.05, 4.69) is 6.58 Å². The Balaban J connectivity index is 3.97. The lowest BCUT2D eigenvalue weighted by Crippen LogP contribution is -2.36. The summed E-state index contributed by atoms with van der Waals surface area (Å²) in [5, 5.41) is 8.82. The van der Waals surface area contributed by atoms with Crippen LogP contribution in [-0.4, -0.2) is 48.7 Å². The molecule has 15 heavy (non-hydrogen) atoms. The van der Waals surface area contributed by atoms with Crippen molar-refractivity contribution in [3.05, 3.63) is 12.2 Å². The molecule has 0 fully saturated rings. The summed E-state index contributed by atoms with van der Waals surface area (Å²) in [6, 6.07) is -0.636. The van der Waals surface area contributed by atoms with Crippen LogP contribution in [0.15, 0.2) is 12.2 Å². The lowest BCUT2D eigenvalue weighted by atomic mass is 10.2. The number of nitrogens with zero attached hydrogens (tertiary/aromatic N) is 1. The molecule has 0 bridgehead atoms. The number of hydrogen-bond acceptors (Lipinski definition) is 4. The van der Waals surface area contributed by atoms with E-state index in [0.717, 1.165) is 0 Å². The summed E-state index contributed by atoms with van der Waals surface area (Å²) >= 11 is 0. The number of likely N-dealkylation sites (N-methyl/N-ethyl adjacent to an activating group) is 1. The Kier molecular flexibility index (Phi) is 5.62. The van der Waals surface area contributed by atoms with Gasteiger partial charge in [0, 0.05) is 12.0 Å². The van der Waals surface area contributed by atoms with Gasteiger partial charge in [-0.3, -0.25) is 9.69 Å². The van der Waals surface area contributed by atoms with E-state index in [4.69, 9.17) is 9.84 Å². The molecule has 0 saturated heterocycles. The molecule has 5 heteroatoms. The number of esters is 1. The number of rotatable bonds is 6. The quantitative estimate of drug-likeness (QED) is 0.516. The molecule has 0 aliphatic rings. The molecular weight excluding hydrogens is 198 g/mol. The van der Waals surface area contributed by atoms with Gasteiger partial charge in [0.2, 0.25) is 0 Å². The van der Waals surface area contributed by atoms with Gasteiger partial charge in [0.15, 0.2) is 0 Å². The van der Waals surface area contributed by atoms with Crippen LogP contribution >= 0.6 is 0 Å². The van der Waals surface area contributed by atoms with E-state index in [9.17, 15) is 9.59 Å². The van der Waals surface area contributed by atoms with Crippen molar-refractivity contribution >= 4 is 11.9 Å². The summed E-state index contributed by atoms with van der Waals surface area (Å²) < 4.78 is 4.81. The van der Waals surface area contributed by atoms with E-state index in [-0.39, 0.29) is 13.0 Å². The molecule has 0 heterocycles. The molecule has 1 atom stereocenters.